The third kappa shape index (κ3) is 5.65. The van der Waals surface area contributed by atoms with E-state index in [0.717, 1.165) is 6.42 Å². The molecule has 56 valence electrons. The van der Waals surface area contributed by atoms with Crippen LogP contribution in [0.1, 0.15) is 19.8 Å². The molecule has 0 saturated heterocycles. The second kappa shape index (κ2) is 5.91. The molecular formula is C5H13NO2S. The molecule has 0 aliphatic heterocycles. The molecule has 0 unspecified atom stereocenters. The summed E-state index contributed by atoms with van der Waals surface area (Å²) in [4.78, 5) is 9.96. The van der Waals surface area contributed by atoms with Gasteiger partial charge in [-0.2, -0.15) is 13.5 Å². The van der Waals surface area contributed by atoms with Gasteiger partial charge in [-0.25, -0.2) is 0 Å². The van der Waals surface area contributed by atoms with Crippen molar-refractivity contribution in [3.8, 4) is 0 Å². The minimum absolute atomic E-state index is 0. The van der Waals surface area contributed by atoms with Crippen LogP contribution in [0.3, 0.4) is 0 Å². The molecule has 0 rings (SSSR count). The molecule has 0 amide bonds. The topological polar surface area (TPSA) is 63.3 Å². The van der Waals surface area contributed by atoms with Crippen molar-refractivity contribution in [3.63, 3.8) is 0 Å². The molecule has 3 N–H and O–H groups in total. The smallest absolute Gasteiger partial charge is 0.320 e. The molecule has 0 bridgehead atoms. The van der Waals surface area contributed by atoms with Crippen molar-refractivity contribution in [2.45, 2.75) is 25.8 Å². The molecule has 9 heavy (non-hydrogen) atoms. The molecule has 0 heterocycles. The van der Waals surface area contributed by atoms with Crippen LogP contribution in [0, 0.1) is 0 Å². The molecule has 0 radical (unpaired) electrons. The SMILES string of the molecule is CCC[C@H](N)C(=O)O.S. The zero-order valence-corrected chi connectivity index (χ0v) is 6.42. The molecule has 0 spiro atoms. The lowest BCUT2D eigenvalue weighted by molar-refractivity contribution is -0.138. The van der Waals surface area contributed by atoms with Gasteiger partial charge in [0.1, 0.15) is 6.04 Å². The van der Waals surface area contributed by atoms with Gasteiger partial charge in [-0.05, 0) is 6.42 Å². The van der Waals surface area contributed by atoms with E-state index in [1.54, 1.807) is 0 Å². The van der Waals surface area contributed by atoms with Gasteiger partial charge in [-0.3, -0.25) is 4.79 Å². The number of hydrogen-bond acceptors (Lipinski definition) is 2. The summed E-state index contributed by atoms with van der Waals surface area (Å²) in [5, 5.41) is 8.19. The van der Waals surface area contributed by atoms with Gasteiger partial charge in [0.2, 0.25) is 0 Å². The molecule has 1 atom stereocenters. The van der Waals surface area contributed by atoms with Crippen LogP contribution in [0.25, 0.3) is 0 Å². The molecular weight excluding hydrogens is 138 g/mol. The highest BCUT2D eigenvalue weighted by atomic mass is 32.1. The third-order valence-corrected chi connectivity index (χ3v) is 0.917. The van der Waals surface area contributed by atoms with E-state index in [-0.39, 0.29) is 13.5 Å². The van der Waals surface area contributed by atoms with Crippen LogP contribution in [-0.2, 0) is 4.79 Å². The summed E-state index contributed by atoms with van der Waals surface area (Å²) in [5.41, 5.74) is 5.13. The first kappa shape index (κ1) is 11.6. The summed E-state index contributed by atoms with van der Waals surface area (Å²) in [6.07, 6.45) is 1.39. The highest BCUT2D eigenvalue weighted by Gasteiger charge is 2.07. The number of aliphatic carboxylic acids is 1. The largest absolute Gasteiger partial charge is 0.480 e. The number of carbonyl (C=O) groups is 1. The predicted octanol–water partition coefficient (Wildman–Crippen LogP) is 0.311. The number of rotatable bonds is 3. The van der Waals surface area contributed by atoms with Crippen LogP contribution in [0.4, 0.5) is 0 Å². The highest BCUT2D eigenvalue weighted by molar-refractivity contribution is 7.59. The van der Waals surface area contributed by atoms with Crippen LogP contribution in [0.2, 0.25) is 0 Å². The minimum atomic E-state index is -0.910. The maximum absolute atomic E-state index is 9.96. The average molecular weight is 151 g/mol. The van der Waals surface area contributed by atoms with E-state index in [1.807, 2.05) is 6.92 Å². The maximum atomic E-state index is 9.96. The van der Waals surface area contributed by atoms with Gasteiger partial charge in [-0.15, -0.1) is 0 Å². The lowest BCUT2D eigenvalue weighted by Crippen LogP contribution is -2.29. The number of carboxylic acid groups (broad SMARTS) is 1. The summed E-state index contributed by atoms with van der Waals surface area (Å²) in [6, 6.07) is -0.667. The summed E-state index contributed by atoms with van der Waals surface area (Å²) < 4.78 is 0. The predicted molar refractivity (Wildman–Crippen MR) is 40.9 cm³/mol. The Labute approximate surface area is 61.7 Å². The normalized spacial score (nSPS) is 11.8. The number of nitrogens with two attached hydrogens (primary N) is 1. The van der Waals surface area contributed by atoms with Crippen LogP contribution in [0.15, 0.2) is 0 Å². The fourth-order valence-electron chi connectivity index (χ4n) is 0.434. The van der Waals surface area contributed by atoms with Gasteiger partial charge in [0.05, 0.1) is 0 Å². The quantitative estimate of drug-likeness (QED) is 0.610. The minimum Gasteiger partial charge on any atom is -0.480 e. The van der Waals surface area contributed by atoms with Gasteiger partial charge >= 0.3 is 5.97 Å². The van der Waals surface area contributed by atoms with E-state index in [0.29, 0.717) is 6.42 Å². The van der Waals surface area contributed by atoms with Gasteiger partial charge in [0.25, 0.3) is 0 Å². The molecule has 0 aromatic rings. The van der Waals surface area contributed by atoms with Crippen molar-refractivity contribution < 1.29 is 9.90 Å². The molecule has 4 heteroatoms. The number of carboxylic acids is 1. The van der Waals surface area contributed by atoms with Crippen LogP contribution < -0.4 is 5.73 Å². The Morgan fingerprint density at radius 3 is 2.33 bits per heavy atom. The summed E-state index contributed by atoms with van der Waals surface area (Å²) in [7, 11) is 0. The first-order valence-electron chi connectivity index (χ1n) is 2.67. The third-order valence-electron chi connectivity index (χ3n) is 0.917. The monoisotopic (exact) mass is 151 g/mol. The van der Waals surface area contributed by atoms with E-state index >= 15 is 0 Å². The lowest BCUT2D eigenvalue weighted by atomic mass is 10.2. The first-order valence-corrected chi connectivity index (χ1v) is 2.67. The summed E-state index contributed by atoms with van der Waals surface area (Å²) in [6.45, 7) is 1.91. The Kier molecular flexibility index (Phi) is 7.59. The van der Waals surface area contributed by atoms with Gasteiger partial charge in [0.15, 0.2) is 0 Å². The lowest BCUT2D eigenvalue weighted by Gasteiger charge is -2.00. The second-order valence-corrected chi connectivity index (χ2v) is 1.73. The Bertz CT molecular complexity index is 87.0. The van der Waals surface area contributed by atoms with Crippen molar-refractivity contribution in [2.75, 3.05) is 0 Å². The molecule has 0 fully saturated rings. The van der Waals surface area contributed by atoms with Gasteiger partial charge in [-0.1, -0.05) is 13.3 Å². The van der Waals surface area contributed by atoms with Crippen LogP contribution in [0.5, 0.6) is 0 Å². The fraction of sp³-hybridized carbons (Fsp3) is 0.800. The zero-order valence-electron chi connectivity index (χ0n) is 5.42. The molecule has 0 aromatic heterocycles. The van der Waals surface area contributed by atoms with Crippen molar-refractivity contribution in [2.24, 2.45) is 5.73 Å². The standard InChI is InChI=1S/C5H11NO2.H2S/c1-2-3-4(6)5(7)8;/h4H,2-3,6H2,1H3,(H,7,8);1H2/t4-;/m0./s1. The van der Waals surface area contributed by atoms with Gasteiger partial charge in [0, 0.05) is 0 Å². The van der Waals surface area contributed by atoms with Crippen molar-refractivity contribution in [3.05, 3.63) is 0 Å². The summed E-state index contributed by atoms with van der Waals surface area (Å²) >= 11 is 0. The van der Waals surface area contributed by atoms with E-state index in [4.69, 9.17) is 10.8 Å². The van der Waals surface area contributed by atoms with Crippen molar-refractivity contribution in [1.29, 1.82) is 0 Å². The molecule has 0 aromatic carbocycles. The van der Waals surface area contributed by atoms with E-state index < -0.39 is 12.0 Å². The average Bonchev–Trinajstić information content (AvgIpc) is 1.67. The van der Waals surface area contributed by atoms with Gasteiger partial charge < -0.3 is 10.8 Å². The van der Waals surface area contributed by atoms with Crippen LogP contribution in [-0.4, -0.2) is 17.1 Å². The first-order chi connectivity index (χ1) is 3.68. The zero-order chi connectivity index (χ0) is 6.57. The van der Waals surface area contributed by atoms with E-state index in [1.165, 1.54) is 0 Å². The Hall–Kier alpha value is -0.220. The molecule has 0 aliphatic rings. The Morgan fingerprint density at radius 2 is 2.22 bits per heavy atom. The molecule has 0 aliphatic carbocycles. The van der Waals surface area contributed by atoms with Crippen LogP contribution >= 0.6 is 13.5 Å². The molecule has 0 saturated carbocycles. The molecule has 3 nitrogen and oxygen atoms in total. The van der Waals surface area contributed by atoms with Crippen molar-refractivity contribution in [1.82, 2.24) is 0 Å². The fourth-order valence-corrected chi connectivity index (χ4v) is 0.434. The van der Waals surface area contributed by atoms with Crippen molar-refractivity contribution >= 4 is 19.5 Å². The van der Waals surface area contributed by atoms with E-state index in [9.17, 15) is 4.79 Å². The maximum Gasteiger partial charge on any atom is 0.320 e. The Balaban J connectivity index is 0. The second-order valence-electron chi connectivity index (χ2n) is 1.73. The Morgan fingerprint density at radius 1 is 1.78 bits per heavy atom. The summed E-state index contributed by atoms with van der Waals surface area (Å²) in [5.74, 6) is -0.910. The van der Waals surface area contributed by atoms with E-state index in [2.05, 4.69) is 0 Å². The number of hydrogen-bond donors (Lipinski definition) is 2. The highest BCUT2D eigenvalue weighted by Crippen LogP contribution is 1.91.